The Morgan fingerprint density at radius 1 is 1.14 bits per heavy atom. The maximum absolute atomic E-state index is 14.2. The van der Waals surface area contributed by atoms with Crippen LogP contribution in [0.15, 0.2) is 58.7 Å². The third-order valence-electron chi connectivity index (χ3n) is 3.19. The molecule has 3 rings (SSSR count). The van der Waals surface area contributed by atoms with Crippen molar-refractivity contribution in [3.8, 4) is 0 Å². The van der Waals surface area contributed by atoms with Gasteiger partial charge in [0, 0.05) is 16.3 Å². The number of fused-ring (bicyclic) bond motifs is 1. The highest BCUT2D eigenvalue weighted by atomic mass is 32.2. The molecule has 0 radical (unpaired) electrons. The van der Waals surface area contributed by atoms with Gasteiger partial charge in [-0.3, -0.25) is 0 Å². The maximum Gasteiger partial charge on any atom is 0.137 e. The fourth-order valence-corrected chi connectivity index (χ4v) is 2.93. The van der Waals surface area contributed by atoms with Gasteiger partial charge in [-0.2, -0.15) is 0 Å². The predicted octanol–water partition coefficient (Wildman–Crippen LogP) is 3.94. The molecule has 2 N–H and O–H groups in total. The normalized spacial score (nSPS) is 12.5. The van der Waals surface area contributed by atoms with Crippen molar-refractivity contribution in [1.29, 1.82) is 0 Å². The van der Waals surface area contributed by atoms with Gasteiger partial charge in [0.25, 0.3) is 0 Å². The largest absolute Gasteiger partial charge is 0.324 e. The van der Waals surface area contributed by atoms with E-state index in [2.05, 4.69) is 9.97 Å². The van der Waals surface area contributed by atoms with Crippen LogP contribution in [0.5, 0.6) is 0 Å². The second kappa shape index (κ2) is 5.79. The summed E-state index contributed by atoms with van der Waals surface area (Å²) in [6, 6.07) is 12.6. The molecule has 0 aliphatic heterocycles. The molecular formula is C16H14FN3S. The summed E-state index contributed by atoms with van der Waals surface area (Å²) in [5.41, 5.74) is 7.40. The quantitative estimate of drug-likeness (QED) is 0.744. The molecule has 3 aromatic rings. The summed E-state index contributed by atoms with van der Waals surface area (Å²) < 4.78 is 14.2. The van der Waals surface area contributed by atoms with Crippen molar-refractivity contribution >= 4 is 22.7 Å². The molecule has 0 bridgehead atoms. The molecule has 0 unspecified atom stereocenters. The standard InChI is InChI=1S/C16H14FN3S/c1-10(18)11-6-7-15(13(17)8-11)21-16-12-4-2-3-5-14(12)19-9-20-16/h2-10H,18H2,1H3/t10-/m1/s1. The molecule has 0 spiro atoms. The molecular weight excluding hydrogens is 285 g/mol. The summed E-state index contributed by atoms with van der Waals surface area (Å²) in [5.74, 6) is -0.280. The summed E-state index contributed by atoms with van der Waals surface area (Å²) in [7, 11) is 0. The van der Waals surface area contributed by atoms with Crippen LogP contribution in [0.25, 0.3) is 10.9 Å². The van der Waals surface area contributed by atoms with Crippen molar-refractivity contribution in [3.05, 3.63) is 60.2 Å². The zero-order valence-corrected chi connectivity index (χ0v) is 12.3. The van der Waals surface area contributed by atoms with Gasteiger partial charge in [0.05, 0.1) is 5.52 Å². The highest BCUT2D eigenvalue weighted by Crippen LogP contribution is 2.33. The van der Waals surface area contributed by atoms with E-state index in [1.165, 1.54) is 24.2 Å². The first-order valence-corrected chi connectivity index (χ1v) is 7.39. The van der Waals surface area contributed by atoms with Gasteiger partial charge in [-0.15, -0.1) is 0 Å². The van der Waals surface area contributed by atoms with Gasteiger partial charge in [-0.25, -0.2) is 14.4 Å². The fraction of sp³-hybridized carbons (Fsp3) is 0.125. The lowest BCUT2D eigenvalue weighted by atomic mass is 10.1. The Hall–Kier alpha value is -1.98. The highest BCUT2D eigenvalue weighted by molar-refractivity contribution is 7.99. The molecule has 5 heteroatoms. The maximum atomic E-state index is 14.2. The van der Waals surface area contributed by atoms with E-state index in [4.69, 9.17) is 5.73 Å². The van der Waals surface area contributed by atoms with Gasteiger partial charge >= 0.3 is 0 Å². The van der Waals surface area contributed by atoms with Gasteiger partial charge in [-0.05, 0) is 30.7 Å². The summed E-state index contributed by atoms with van der Waals surface area (Å²) in [4.78, 5) is 9.00. The number of nitrogens with two attached hydrogens (primary N) is 1. The lowest BCUT2D eigenvalue weighted by molar-refractivity contribution is 0.596. The minimum atomic E-state index is -0.280. The number of hydrogen-bond donors (Lipinski definition) is 1. The molecule has 21 heavy (non-hydrogen) atoms. The molecule has 0 fully saturated rings. The van der Waals surface area contributed by atoms with Crippen LogP contribution in [0.4, 0.5) is 4.39 Å². The molecule has 0 amide bonds. The summed E-state index contributed by atoms with van der Waals surface area (Å²) >= 11 is 1.30. The molecule has 3 nitrogen and oxygen atoms in total. The lowest BCUT2D eigenvalue weighted by Crippen LogP contribution is -2.05. The minimum absolute atomic E-state index is 0.182. The van der Waals surface area contributed by atoms with E-state index in [-0.39, 0.29) is 11.9 Å². The van der Waals surface area contributed by atoms with Crippen molar-refractivity contribution in [1.82, 2.24) is 9.97 Å². The first-order chi connectivity index (χ1) is 10.1. The smallest absolute Gasteiger partial charge is 0.137 e. The van der Waals surface area contributed by atoms with Gasteiger partial charge < -0.3 is 5.73 Å². The molecule has 0 saturated heterocycles. The van der Waals surface area contributed by atoms with Crippen LogP contribution in [0.3, 0.4) is 0 Å². The van der Waals surface area contributed by atoms with Gasteiger partial charge in [0.15, 0.2) is 0 Å². The van der Waals surface area contributed by atoms with Crippen molar-refractivity contribution in [2.75, 3.05) is 0 Å². The summed E-state index contributed by atoms with van der Waals surface area (Å²) in [6.45, 7) is 1.83. The Bertz CT molecular complexity index is 784. The number of hydrogen-bond acceptors (Lipinski definition) is 4. The molecule has 2 aromatic carbocycles. The Kier molecular flexibility index (Phi) is 3.86. The summed E-state index contributed by atoms with van der Waals surface area (Å²) in [5, 5.41) is 1.66. The van der Waals surface area contributed by atoms with E-state index in [1.807, 2.05) is 37.3 Å². The number of rotatable bonds is 3. The number of nitrogens with zero attached hydrogens (tertiary/aromatic N) is 2. The second-order valence-electron chi connectivity index (χ2n) is 4.78. The molecule has 0 aliphatic carbocycles. The molecule has 0 aliphatic rings. The molecule has 1 atom stereocenters. The van der Waals surface area contributed by atoms with E-state index in [0.717, 1.165) is 21.5 Å². The third kappa shape index (κ3) is 2.89. The number of para-hydroxylation sites is 1. The van der Waals surface area contributed by atoms with Gasteiger partial charge in [-0.1, -0.05) is 36.0 Å². The average Bonchev–Trinajstić information content (AvgIpc) is 2.49. The van der Waals surface area contributed by atoms with Gasteiger partial charge in [0.1, 0.15) is 17.2 Å². The lowest BCUT2D eigenvalue weighted by Gasteiger charge is -2.09. The minimum Gasteiger partial charge on any atom is -0.324 e. The summed E-state index contributed by atoms with van der Waals surface area (Å²) in [6.07, 6.45) is 1.50. The first-order valence-electron chi connectivity index (χ1n) is 6.58. The van der Waals surface area contributed by atoms with E-state index >= 15 is 0 Å². The number of benzene rings is 2. The first kappa shape index (κ1) is 14.0. The van der Waals surface area contributed by atoms with Crippen molar-refractivity contribution in [3.63, 3.8) is 0 Å². The third-order valence-corrected chi connectivity index (χ3v) is 4.26. The monoisotopic (exact) mass is 299 g/mol. The van der Waals surface area contributed by atoms with Crippen LogP contribution in [0.2, 0.25) is 0 Å². The second-order valence-corrected chi connectivity index (χ2v) is 5.81. The molecule has 1 aromatic heterocycles. The zero-order valence-electron chi connectivity index (χ0n) is 11.5. The molecule has 1 heterocycles. The van der Waals surface area contributed by atoms with Crippen LogP contribution in [0, 0.1) is 5.82 Å². The Balaban J connectivity index is 1.99. The van der Waals surface area contributed by atoms with E-state index < -0.39 is 0 Å². The Morgan fingerprint density at radius 3 is 2.71 bits per heavy atom. The van der Waals surface area contributed by atoms with Crippen molar-refractivity contribution in [2.24, 2.45) is 5.73 Å². The topological polar surface area (TPSA) is 51.8 Å². The van der Waals surface area contributed by atoms with E-state index in [0.29, 0.717) is 4.90 Å². The van der Waals surface area contributed by atoms with E-state index in [1.54, 1.807) is 6.07 Å². The van der Waals surface area contributed by atoms with Crippen LogP contribution >= 0.6 is 11.8 Å². The number of halogens is 1. The van der Waals surface area contributed by atoms with Crippen molar-refractivity contribution < 1.29 is 4.39 Å². The average molecular weight is 299 g/mol. The fourth-order valence-electron chi connectivity index (χ4n) is 2.05. The van der Waals surface area contributed by atoms with Crippen LogP contribution in [0.1, 0.15) is 18.5 Å². The van der Waals surface area contributed by atoms with Crippen LogP contribution in [-0.4, -0.2) is 9.97 Å². The zero-order chi connectivity index (χ0) is 14.8. The SMILES string of the molecule is C[C@@H](N)c1ccc(Sc2ncnc3ccccc23)c(F)c1. The predicted molar refractivity (Wildman–Crippen MR) is 82.7 cm³/mol. The van der Waals surface area contributed by atoms with E-state index in [9.17, 15) is 4.39 Å². The Morgan fingerprint density at radius 2 is 1.95 bits per heavy atom. The van der Waals surface area contributed by atoms with Gasteiger partial charge in [0.2, 0.25) is 0 Å². The number of aromatic nitrogens is 2. The van der Waals surface area contributed by atoms with Crippen molar-refractivity contribution in [2.45, 2.75) is 22.9 Å². The molecule has 0 saturated carbocycles. The Labute approximate surface area is 126 Å². The molecule has 106 valence electrons. The highest BCUT2D eigenvalue weighted by Gasteiger charge is 2.10. The van der Waals surface area contributed by atoms with Crippen LogP contribution in [-0.2, 0) is 0 Å². The van der Waals surface area contributed by atoms with Crippen LogP contribution < -0.4 is 5.73 Å².